The van der Waals surface area contributed by atoms with Gasteiger partial charge in [-0.25, -0.2) is 0 Å². The van der Waals surface area contributed by atoms with Crippen molar-refractivity contribution in [2.24, 2.45) is 0 Å². The van der Waals surface area contributed by atoms with Crippen molar-refractivity contribution in [3.8, 4) is 0 Å². The van der Waals surface area contributed by atoms with Crippen LogP contribution in [0.1, 0.15) is 26.3 Å². The number of hydrogen-bond acceptors (Lipinski definition) is 5. The quantitative estimate of drug-likeness (QED) is 0.569. The molecule has 0 aromatic heterocycles. The van der Waals surface area contributed by atoms with Gasteiger partial charge in [-0.15, -0.1) is 0 Å². The molecular formula is C13H21O5PS. The SMILES string of the molecule is CCP(=O)(COS(=O)(=O)c1ccccc1C)OC(C)C. The zero-order valence-electron chi connectivity index (χ0n) is 12.2. The molecule has 1 aromatic rings. The van der Waals surface area contributed by atoms with Gasteiger partial charge in [0.25, 0.3) is 10.1 Å². The van der Waals surface area contributed by atoms with Gasteiger partial charge in [0.05, 0.1) is 11.0 Å². The van der Waals surface area contributed by atoms with Crippen molar-refractivity contribution in [3.63, 3.8) is 0 Å². The molecule has 0 saturated carbocycles. The molecule has 0 amide bonds. The van der Waals surface area contributed by atoms with Gasteiger partial charge in [0.1, 0.15) is 6.35 Å². The largest absolute Gasteiger partial charge is 0.324 e. The van der Waals surface area contributed by atoms with Gasteiger partial charge >= 0.3 is 0 Å². The predicted molar refractivity (Wildman–Crippen MR) is 78.7 cm³/mol. The molecule has 1 rings (SSSR count). The van der Waals surface area contributed by atoms with Gasteiger partial charge in [-0.3, -0.25) is 8.75 Å². The van der Waals surface area contributed by atoms with Crippen LogP contribution in [0.15, 0.2) is 29.2 Å². The highest BCUT2D eigenvalue weighted by Crippen LogP contribution is 2.48. The van der Waals surface area contributed by atoms with E-state index in [-0.39, 0.29) is 17.2 Å². The molecule has 0 fully saturated rings. The van der Waals surface area contributed by atoms with E-state index >= 15 is 0 Å². The van der Waals surface area contributed by atoms with Crippen LogP contribution >= 0.6 is 7.37 Å². The average molecular weight is 320 g/mol. The molecule has 1 aromatic carbocycles. The third-order valence-electron chi connectivity index (χ3n) is 2.65. The number of rotatable bonds is 7. The van der Waals surface area contributed by atoms with Crippen molar-refractivity contribution >= 4 is 17.5 Å². The minimum absolute atomic E-state index is 0.0900. The van der Waals surface area contributed by atoms with Crippen LogP contribution in [-0.2, 0) is 23.4 Å². The molecular weight excluding hydrogens is 299 g/mol. The minimum atomic E-state index is -3.92. The normalized spacial score (nSPS) is 15.2. The Morgan fingerprint density at radius 2 is 1.85 bits per heavy atom. The Hall–Kier alpha value is -0.680. The number of aryl methyl sites for hydroxylation is 1. The first-order valence-electron chi connectivity index (χ1n) is 6.42. The molecule has 0 spiro atoms. The van der Waals surface area contributed by atoms with E-state index in [0.717, 1.165) is 0 Å². The highest BCUT2D eigenvalue weighted by Gasteiger charge is 2.27. The van der Waals surface area contributed by atoms with Gasteiger partial charge in [-0.2, -0.15) is 8.42 Å². The van der Waals surface area contributed by atoms with E-state index in [1.807, 2.05) is 0 Å². The lowest BCUT2D eigenvalue weighted by Gasteiger charge is -2.19. The second-order valence-electron chi connectivity index (χ2n) is 4.75. The molecule has 114 valence electrons. The van der Waals surface area contributed by atoms with Crippen LogP contribution in [-0.4, -0.2) is 27.0 Å². The summed E-state index contributed by atoms with van der Waals surface area (Å²) in [4.78, 5) is 0.0900. The molecule has 1 unspecified atom stereocenters. The molecule has 0 radical (unpaired) electrons. The molecule has 20 heavy (non-hydrogen) atoms. The Morgan fingerprint density at radius 3 is 2.35 bits per heavy atom. The fraction of sp³-hybridized carbons (Fsp3) is 0.538. The zero-order valence-corrected chi connectivity index (χ0v) is 13.9. The van der Waals surface area contributed by atoms with Crippen LogP contribution in [0.4, 0.5) is 0 Å². The fourth-order valence-electron chi connectivity index (χ4n) is 1.63. The van der Waals surface area contributed by atoms with Crippen LogP contribution in [0.3, 0.4) is 0 Å². The Morgan fingerprint density at radius 1 is 1.25 bits per heavy atom. The zero-order chi connectivity index (χ0) is 15.4. The van der Waals surface area contributed by atoms with E-state index in [1.165, 1.54) is 6.07 Å². The van der Waals surface area contributed by atoms with Crippen molar-refractivity contribution in [1.29, 1.82) is 0 Å². The maximum Gasteiger partial charge on any atom is 0.297 e. The van der Waals surface area contributed by atoms with Crippen molar-refractivity contribution in [1.82, 2.24) is 0 Å². The lowest BCUT2D eigenvalue weighted by Crippen LogP contribution is -2.13. The Bertz CT molecular complexity index is 595. The first kappa shape index (κ1) is 17.4. The minimum Gasteiger partial charge on any atom is -0.324 e. The van der Waals surface area contributed by atoms with Crippen molar-refractivity contribution in [2.75, 3.05) is 12.5 Å². The summed E-state index contributed by atoms with van der Waals surface area (Å²) < 4.78 is 46.8. The first-order valence-corrected chi connectivity index (χ1v) is 9.82. The highest BCUT2D eigenvalue weighted by molar-refractivity contribution is 7.87. The summed E-state index contributed by atoms with van der Waals surface area (Å²) in [5.74, 6) is 0. The molecule has 0 aliphatic rings. The molecule has 1 atom stereocenters. The molecule has 7 heteroatoms. The summed E-state index contributed by atoms with van der Waals surface area (Å²) in [6.07, 6.45) is -0.446. The summed E-state index contributed by atoms with van der Waals surface area (Å²) in [5, 5.41) is 0. The van der Waals surface area contributed by atoms with E-state index in [0.29, 0.717) is 5.56 Å². The van der Waals surface area contributed by atoms with Crippen LogP contribution in [0, 0.1) is 6.92 Å². The molecule has 5 nitrogen and oxygen atoms in total. The molecule has 0 N–H and O–H groups in total. The maximum absolute atomic E-state index is 12.3. The van der Waals surface area contributed by atoms with Gasteiger partial charge in [0.2, 0.25) is 7.37 Å². The second kappa shape index (κ2) is 6.85. The van der Waals surface area contributed by atoms with Crippen molar-refractivity contribution in [3.05, 3.63) is 29.8 Å². The maximum atomic E-state index is 12.3. The van der Waals surface area contributed by atoms with Crippen LogP contribution in [0.2, 0.25) is 0 Å². The Labute approximate surface area is 120 Å². The summed E-state index contributed by atoms with van der Waals surface area (Å²) in [6, 6.07) is 6.51. The molecule has 0 bridgehead atoms. The lowest BCUT2D eigenvalue weighted by molar-refractivity contribution is 0.228. The van der Waals surface area contributed by atoms with Crippen LogP contribution in [0.5, 0.6) is 0 Å². The fourth-order valence-corrected chi connectivity index (χ4v) is 4.82. The average Bonchev–Trinajstić information content (AvgIpc) is 2.36. The predicted octanol–water partition coefficient (Wildman–Crippen LogP) is 3.38. The van der Waals surface area contributed by atoms with E-state index in [1.54, 1.807) is 45.9 Å². The van der Waals surface area contributed by atoms with E-state index in [2.05, 4.69) is 0 Å². The topological polar surface area (TPSA) is 69.7 Å². The summed E-state index contributed by atoms with van der Waals surface area (Å²) >= 11 is 0. The van der Waals surface area contributed by atoms with Gasteiger partial charge in [0.15, 0.2) is 0 Å². The third kappa shape index (κ3) is 4.70. The van der Waals surface area contributed by atoms with E-state index < -0.39 is 23.8 Å². The summed E-state index contributed by atoms with van der Waals surface area (Å²) in [7, 11) is -7.01. The molecule has 0 aliphatic carbocycles. The van der Waals surface area contributed by atoms with Crippen LogP contribution < -0.4 is 0 Å². The van der Waals surface area contributed by atoms with Crippen LogP contribution in [0.25, 0.3) is 0 Å². The van der Waals surface area contributed by atoms with Gasteiger partial charge < -0.3 is 4.52 Å². The molecule has 0 saturated heterocycles. The van der Waals surface area contributed by atoms with E-state index in [9.17, 15) is 13.0 Å². The number of hydrogen-bond donors (Lipinski definition) is 0. The smallest absolute Gasteiger partial charge is 0.297 e. The Kier molecular flexibility index (Phi) is 5.95. The first-order chi connectivity index (χ1) is 9.20. The van der Waals surface area contributed by atoms with Gasteiger partial charge in [-0.1, -0.05) is 25.1 Å². The van der Waals surface area contributed by atoms with Crippen molar-refractivity contribution < 1.29 is 21.7 Å². The standard InChI is InChI=1S/C13H21O5PS/c1-5-19(14,18-11(2)3)10-17-20(15,16)13-9-7-6-8-12(13)4/h6-9,11H,5,10H2,1-4H3. The molecule has 0 heterocycles. The third-order valence-corrected chi connectivity index (χ3v) is 6.54. The second-order valence-corrected chi connectivity index (χ2v) is 9.07. The highest BCUT2D eigenvalue weighted by atomic mass is 32.2. The van der Waals surface area contributed by atoms with Gasteiger partial charge in [-0.05, 0) is 32.4 Å². The van der Waals surface area contributed by atoms with Crippen molar-refractivity contribution in [2.45, 2.75) is 38.7 Å². The van der Waals surface area contributed by atoms with Gasteiger partial charge in [0, 0.05) is 6.16 Å². The summed E-state index contributed by atoms with van der Waals surface area (Å²) in [6.45, 7) is 6.86. The monoisotopic (exact) mass is 320 g/mol. The van der Waals surface area contributed by atoms with E-state index in [4.69, 9.17) is 8.71 Å². The Balaban J connectivity index is 2.88. The molecule has 0 aliphatic heterocycles. The number of benzene rings is 1. The summed E-state index contributed by atoms with van der Waals surface area (Å²) in [5.41, 5.74) is 0.587. The lowest BCUT2D eigenvalue weighted by atomic mass is 10.2.